The first-order valence-corrected chi connectivity index (χ1v) is 3.45. The zero-order valence-corrected chi connectivity index (χ0v) is 6.83. The molecule has 0 radical (unpaired) electrons. The largest absolute Gasteiger partial charge is 0.466 e. The molecule has 0 saturated heterocycles. The second kappa shape index (κ2) is 2.90. The van der Waals surface area contributed by atoms with Crippen molar-refractivity contribution >= 4 is 11.7 Å². The summed E-state index contributed by atoms with van der Waals surface area (Å²) in [6.45, 7) is 3.71. The van der Waals surface area contributed by atoms with Gasteiger partial charge in [-0.1, -0.05) is 12.1 Å². The number of carbonyl (C=O) groups excluding carboxylic acids is 1. The maximum absolute atomic E-state index is 10.9. The number of oxime groups is 1. The molecule has 1 rings (SSSR count). The number of rotatable bonds is 1. The van der Waals surface area contributed by atoms with Gasteiger partial charge in [0.2, 0.25) is 6.10 Å². The van der Waals surface area contributed by atoms with Gasteiger partial charge < -0.3 is 9.57 Å². The maximum atomic E-state index is 10.9. The predicted octanol–water partition coefficient (Wildman–Crippen LogP) is 0.570. The van der Waals surface area contributed by atoms with Crippen LogP contribution < -0.4 is 0 Å². The van der Waals surface area contributed by atoms with E-state index < -0.39 is 6.10 Å². The summed E-state index contributed by atoms with van der Waals surface area (Å²) >= 11 is 0. The third-order valence-electron chi connectivity index (χ3n) is 1.86. The van der Waals surface area contributed by atoms with Gasteiger partial charge in [-0.25, -0.2) is 4.79 Å². The van der Waals surface area contributed by atoms with E-state index in [0.29, 0.717) is 0 Å². The molecule has 11 heavy (non-hydrogen) atoms. The Labute approximate surface area is 65.2 Å². The lowest BCUT2D eigenvalue weighted by atomic mass is 10.0. The van der Waals surface area contributed by atoms with E-state index in [4.69, 9.17) is 4.84 Å². The van der Waals surface area contributed by atoms with Crippen LogP contribution in [-0.4, -0.2) is 24.9 Å². The molecule has 0 saturated carbocycles. The van der Waals surface area contributed by atoms with Crippen LogP contribution in [0.15, 0.2) is 5.16 Å². The van der Waals surface area contributed by atoms with Gasteiger partial charge in [0.15, 0.2) is 0 Å². The van der Waals surface area contributed by atoms with E-state index in [-0.39, 0.29) is 11.9 Å². The SMILES string of the molecule is COC(=O)[C@H]1ON=C(C)[C@@H]1C. The third kappa shape index (κ3) is 1.34. The van der Waals surface area contributed by atoms with Gasteiger partial charge in [-0.2, -0.15) is 0 Å². The average Bonchev–Trinajstić information content (AvgIpc) is 2.32. The van der Waals surface area contributed by atoms with Crippen LogP contribution in [0.1, 0.15) is 13.8 Å². The van der Waals surface area contributed by atoms with Crippen molar-refractivity contribution in [1.82, 2.24) is 0 Å². The van der Waals surface area contributed by atoms with Crippen LogP contribution in [0.5, 0.6) is 0 Å². The topological polar surface area (TPSA) is 47.9 Å². The van der Waals surface area contributed by atoms with Crippen LogP contribution in [0, 0.1) is 5.92 Å². The quantitative estimate of drug-likeness (QED) is 0.523. The Hall–Kier alpha value is -1.06. The lowest BCUT2D eigenvalue weighted by Gasteiger charge is -2.09. The first-order chi connectivity index (χ1) is 5.16. The van der Waals surface area contributed by atoms with E-state index in [1.54, 1.807) is 0 Å². The van der Waals surface area contributed by atoms with Crippen LogP contribution in [0.3, 0.4) is 0 Å². The Morgan fingerprint density at radius 2 is 2.36 bits per heavy atom. The van der Waals surface area contributed by atoms with E-state index in [1.165, 1.54) is 7.11 Å². The summed E-state index contributed by atoms with van der Waals surface area (Å²) in [6.07, 6.45) is -0.542. The Kier molecular flexibility index (Phi) is 2.12. The minimum absolute atomic E-state index is 0.0300. The highest BCUT2D eigenvalue weighted by Crippen LogP contribution is 2.18. The monoisotopic (exact) mass is 157 g/mol. The van der Waals surface area contributed by atoms with Crippen LogP contribution in [0.2, 0.25) is 0 Å². The summed E-state index contributed by atoms with van der Waals surface area (Å²) < 4.78 is 4.52. The molecule has 0 aromatic carbocycles. The lowest BCUT2D eigenvalue weighted by molar-refractivity contribution is -0.154. The fraction of sp³-hybridized carbons (Fsp3) is 0.714. The summed E-state index contributed by atoms with van der Waals surface area (Å²) in [5, 5.41) is 3.68. The minimum atomic E-state index is -0.542. The van der Waals surface area contributed by atoms with E-state index in [2.05, 4.69) is 9.89 Å². The standard InChI is InChI=1S/C7H11NO3/c1-4-5(2)8-11-6(4)7(9)10-3/h4,6H,1-3H3/t4-,6-/m0/s1. The van der Waals surface area contributed by atoms with Gasteiger partial charge in [0.1, 0.15) is 0 Å². The fourth-order valence-corrected chi connectivity index (χ4v) is 0.897. The first-order valence-electron chi connectivity index (χ1n) is 3.45. The summed E-state index contributed by atoms with van der Waals surface area (Å²) in [7, 11) is 1.34. The highest BCUT2D eigenvalue weighted by molar-refractivity contribution is 5.91. The van der Waals surface area contributed by atoms with Crippen molar-refractivity contribution < 1.29 is 14.4 Å². The molecule has 62 valence electrons. The Morgan fingerprint density at radius 1 is 1.73 bits per heavy atom. The number of carbonyl (C=O) groups is 1. The van der Waals surface area contributed by atoms with Gasteiger partial charge >= 0.3 is 5.97 Å². The van der Waals surface area contributed by atoms with Crippen LogP contribution in [0.25, 0.3) is 0 Å². The maximum Gasteiger partial charge on any atom is 0.350 e. The van der Waals surface area contributed by atoms with Gasteiger partial charge in [0.25, 0.3) is 0 Å². The number of methoxy groups -OCH3 is 1. The summed E-state index contributed by atoms with van der Waals surface area (Å²) in [4.78, 5) is 15.8. The second-order valence-electron chi connectivity index (χ2n) is 2.57. The molecule has 4 heteroatoms. The normalized spacial score (nSPS) is 29.2. The minimum Gasteiger partial charge on any atom is -0.466 e. The van der Waals surface area contributed by atoms with E-state index in [1.807, 2.05) is 13.8 Å². The Morgan fingerprint density at radius 3 is 2.73 bits per heavy atom. The predicted molar refractivity (Wildman–Crippen MR) is 39.2 cm³/mol. The zero-order valence-electron chi connectivity index (χ0n) is 6.83. The van der Waals surface area contributed by atoms with Gasteiger partial charge in [-0.3, -0.25) is 0 Å². The summed E-state index contributed by atoms with van der Waals surface area (Å²) in [5.74, 6) is -0.333. The van der Waals surface area contributed by atoms with Crippen molar-refractivity contribution in [3.05, 3.63) is 0 Å². The molecule has 0 N–H and O–H groups in total. The number of hydrogen-bond acceptors (Lipinski definition) is 4. The molecule has 0 spiro atoms. The molecule has 4 nitrogen and oxygen atoms in total. The highest BCUT2D eigenvalue weighted by atomic mass is 16.7. The number of ether oxygens (including phenoxy) is 1. The van der Waals surface area contributed by atoms with Crippen molar-refractivity contribution in [3.63, 3.8) is 0 Å². The van der Waals surface area contributed by atoms with Crippen LogP contribution in [-0.2, 0) is 14.4 Å². The average molecular weight is 157 g/mol. The van der Waals surface area contributed by atoms with Gasteiger partial charge in [-0.15, -0.1) is 0 Å². The van der Waals surface area contributed by atoms with Crippen LogP contribution >= 0.6 is 0 Å². The van der Waals surface area contributed by atoms with Crippen molar-refractivity contribution in [1.29, 1.82) is 0 Å². The molecule has 0 aromatic rings. The summed E-state index contributed by atoms with van der Waals surface area (Å²) in [5.41, 5.74) is 0.834. The lowest BCUT2D eigenvalue weighted by Crippen LogP contribution is -2.29. The van der Waals surface area contributed by atoms with E-state index in [0.717, 1.165) is 5.71 Å². The second-order valence-corrected chi connectivity index (χ2v) is 2.57. The molecule has 0 bridgehead atoms. The number of nitrogens with zero attached hydrogens (tertiary/aromatic N) is 1. The third-order valence-corrected chi connectivity index (χ3v) is 1.86. The Bertz CT molecular complexity index is 200. The molecular formula is C7H11NO3. The van der Waals surface area contributed by atoms with Crippen LogP contribution in [0.4, 0.5) is 0 Å². The summed E-state index contributed by atoms with van der Waals surface area (Å²) in [6, 6.07) is 0. The van der Waals surface area contributed by atoms with Crippen molar-refractivity contribution in [2.45, 2.75) is 20.0 Å². The molecule has 0 aliphatic carbocycles. The molecule has 0 fully saturated rings. The number of hydrogen-bond donors (Lipinski definition) is 0. The molecule has 1 aliphatic rings. The smallest absolute Gasteiger partial charge is 0.350 e. The van der Waals surface area contributed by atoms with Gasteiger partial charge in [-0.05, 0) is 6.92 Å². The molecule has 0 aromatic heterocycles. The molecule has 1 heterocycles. The van der Waals surface area contributed by atoms with E-state index >= 15 is 0 Å². The van der Waals surface area contributed by atoms with Gasteiger partial charge in [0, 0.05) is 5.92 Å². The van der Waals surface area contributed by atoms with Crippen molar-refractivity contribution in [3.8, 4) is 0 Å². The van der Waals surface area contributed by atoms with Crippen molar-refractivity contribution in [2.24, 2.45) is 11.1 Å². The molecule has 0 amide bonds. The van der Waals surface area contributed by atoms with Crippen molar-refractivity contribution in [2.75, 3.05) is 7.11 Å². The van der Waals surface area contributed by atoms with E-state index in [9.17, 15) is 4.79 Å². The fourth-order valence-electron chi connectivity index (χ4n) is 0.897. The number of esters is 1. The first kappa shape index (κ1) is 8.04. The van der Waals surface area contributed by atoms with Gasteiger partial charge in [0.05, 0.1) is 12.8 Å². The highest BCUT2D eigenvalue weighted by Gasteiger charge is 2.34. The molecule has 0 unspecified atom stereocenters. The molecular weight excluding hydrogens is 146 g/mol. The molecule has 2 atom stereocenters. The molecule has 1 aliphatic heterocycles. The Balaban J connectivity index is 2.60. The zero-order chi connectivity index (χ0) is 8.43.